The van der Waals surface area contributed by atoms with Crippen LogP contribution < -0.4 is 5.73 Å². The standard InChI is InChI=1S/C10H9BrF3NOS/c11-5-4-7(16)9-6(15)2-1-3-8(9)17-10(12,13)14/h1-3H,4-5,15H2. The summed E-state index contributed by atoms with van der Waals surface area (Å²) in [6.07, 6.45) is 0.111. The number of halogens is 4. The second-order valence-corrected chi connectivity index (χ2v) is 5.03. The number of carbonyl (C=O) groups is 1. The highest BCUT2D eigenvalue weighted by molar-refractivity contribution is 9.09. The summed E-state index contributed by atoms with van der Waals surface area (Å²) >= 11 is 2.75. The Balaban J connectivity index is 3.13. The first kappa shape index (κ1) is 14.4. The lowest BCUT2D eigenvalue weighted by Gasteiger charge is -2.12. The largest absolute Gasteiger partial charge is 0.446 e. The summed E-state index contributed by atoms with van der Waals surface area (Å²) in [6, 6.07) is 4.06. The molecule has 7 heteroatoms. The van der Waals surface area contributed by atoms with Gasteiger partial charge in [0.1, 0.15) is 0 Å². The monoisotopic (exact) mass is 327 g/mol. The van der Waals surface area contributed by atoms with E-state index >= 15 is 0 Å². The molecule has 0 aliphatic carbocycles. The maximum Gasteiger partial charge on any atom is 0.446 e. The van der Waals surface area contributed by atoms with Crippen LogP contribution >= 0.6 is 27.7 Å². The Labute approximate surface area is 109 Å². The molecule has 0 aromatic heterocycles. The zero-order valence-electron chi connectivity index (χ0n) is 8.55. The fourth-order valence-electron chi connectivity index (χ4n) is 1.27. The number of ketones is 1. The van der Waals surface area contributed by atoms with Crippen LogP contribution in [0.2, 0.25) is 0 Å². The van der Waals surface area contributed by atoms with Crippen molar-refractivity contribution in [2.75, 3.05) is 11.1 Å². The maximum absolute atomic E-state index is 12.3. The van der Waals surface area contributed by atoms with Crippen LogP contribution in [0.3, 0.4) is 0 Å². The molecular formula is C10H9BrF3NOS. The number of thioether (sulfide) groups is 1. The number of Topliss-reactive ketones (excluding diaryl/α,β-unsaturated/α-hetero) is 1. The number of alkyl halides is 4. The van der Waals surface area contributed by atoms with Gasteiger partial charge in [0.05, 0.1) is 5.56 Å². The van der Waals surface area contributed by atoms with Crippen molar-refractivity contribution >= 4 is 39.2 Å². The number of rotatable bonds is 4. The SMILES string of the molecule is Nc1cccc(SC(F)(F)F)c1C(=O)CCBr. The number of hydrogen-bond acceptors (Lipinski definition) is 3. The smallest absolute Gasteiger partial charge is 0.398 e. The molecule has 0 amide bonds. The molecule has 0 saturated heterocycles. The van der Waals surface area contributed by atoms with Gasteiger partial charge in [-0.3, -0.25) is 4.79 Å². The number of carbonyl (C=O) groups excluding carboxylic acids is 1. The van der Waals surface area contributed by atoms with E-state index in [9.17, 15) is 18.0 Å². The van der Waals surface area contributed by atoms with Crippen LogP contribution in [0.1, 0.15) is 16.8 Å². The third kappa shape index (κ3) is 4.23. The number of nitrogen functional groups attached to an aromatic ring is 1. The molecule has 0 unspecified atom stereocenters. The first-order valence-electron chi connectivity index (χ1n) is 4.58. The first-order chi connectivity index (χ1) is 7.85. The molecule has 94 valence electrons. The Bertz CT molecular complexity index is 423. The van der Waals surface area contributed by atoms with E-state index in [1.54, 1.807) is 0 Å². The van der Waals surface area contributed by atoms with Gasteiger partial charge in [0, 0.05) is 22.3 Å². The Morgan fingerprint density at radius 2 is 2.06 bits per heavy atom. The third-order valence-corrected chi connectivity index (χ3v) is 3.07. The van der Waals surface area contributed by atoms with Gasteiger partial charge >= 0.3 is 5.51 Å². The number of nitrogens with two attached hydrogens (primary N) is 1. The fourth-order valence-corrected chi connectivity index (χ4v) is 2.36. The van der Waals surface area contributed by atoms with Crippen molar-refractivity contribution in [3.63, 3.8) is 0 Å². The summed E-state index contributed by atoms with van der Waals surface area (Å²) in [5, 5.41) is 0.385. The molecule has 0 aliphatic heterocycles. The number of benzene rings is 1. The van der Waals surface area contributed by atoms with E-state index in [1.165, 1.54) is 18.2 Å². The summed E-state index contributed by atoms with van der Waals surface area (Å²) in [6.45, 7) is 0. The quantitative estimate of drug-likeness (QED) is 0.395. The lowest BCUT2D eigenvalue weighted by Crippen LogP contribution is -2.09. The predicted molar refractivity (Wildman–Crippen MR) is 65.5 cm³/mol. The fraction of sp³-hybridized carbons (Fsp3) is 0.300. The molecular weight excluding hydrogens is 319 g/mol. The van der Waals surface area contributed by atoms with Gasteiger partial charge in [-0.15, -0.1) is 0 Å². The molecule has 1 aromatic carbocycles. The van der Waals surface area contributed by atoms with E-state index in [2.05, 4.69) is 15.9 Å². The van der Waals surface area contributed by atoms with Gasteiger partial charge in [-0.1, -0.05) is 22.0 Å². The van der Waals surface area contributed by atoms with Crippen molar-refractivity contribution in [2.24, 2.45) is 0 Å². The second kappa shape index (κ2) is 5.77. The van der Waals surface area contributed by atoms with E-state index in [0.717, 1.165) is 0 Å². The molecule has 17 heavy (non-hydrogen) atoms. The molecule has 2 N–H and O–H groups in total. The lowest BCUT2D eigenvalue weighted by atomic mass is 10.1. The minimum atomic E-state index is -4.43. The van der Waals surface area contributed by atoms with Gasteiger partial charge in [-0.25, -0.2) is 0 Å². The Hall–Kier alpha value is -0.690. The minimum Gasteiger partial charge on any atom is -0.398 e. The van der Waals surface area contributed by atoms with Crippen molar-refractivity contribution < 1.29 is 18.0 Å². The van der Waals surface area contributed by atoms with Crippen LogP contribution in [0.25, 0.3) is 0 Å². The molecule has 0 saturated carbocycles. The molecule has 0 atom stereocenters. The molecule has 2 nitrogen and oxygen atoms in total. The highest BCUT2D eigenvalue weighted by Crippen LogP contribution is 2.40. The van der Waals surface area contributed by atoms with Crippen LogP contribution in [0.5, 0.6) is 0 Å². The van der Waals surface area contributed by atoms with E-state index in [4.69, 9.17) is 5.73 Å². The topological polar surface area (TPSA) is 43.1 Å². The van der Waals surface area contributed by atoms with Crippen LogP contribution in [-0.2, 0) is 0 Å². The van der Waals surface area contributed by atoms with Crippen LogP contribution in [0.4, 0.5) is 18.9 Å². The molecule has 0 radical (unpaired) electrons. The second-order valence-electron chi connectivity index (χ2n) is 3.13. The van der Waals surface area contributed by atoms with Crippen molar-refractivity contribution in [1.29, 1.82) is 0 Å². The van der Waals surface area contributed by atoms with Crippen molar-refractivity contribution in [3.05, 3.63) is 23.8 Å². The van der Waals surface area contributed by atoms with E-state index in [0.29, 0.717) is 5.33 Å². The molecule has 0 fully saturated rings. The molecule has 1 rings (SSSR count). The Morgan fingerprint density at radius 3 is 2.59 bits per heavy atom. The van der Waals surface area contributed by atoms with Gasteiger partial charge in [0.2, 0.25) is 0 Å². The van der Waals surface area contributed by atoms with E-state index in [-0.39, 0.29) is 34.3 Å². The summed E-state index contributed by atoms with van der Waals surface area (Å²) < 4.78 is 36.9. The highest BCUT2D eigenvalue weighted by Gasteiger charge is 2.31. The predicted octanol–water partition coefficient (Wildman–Crippen LogP) is 3.85. The molecule has 0 heterocycles. The zero-order chi connectivity index (χ0) is 13.1. The maximum atomic E-state index is 12.3. The average Bonchev–Trinajstić information content (AvgIpc) is 2.15. The normalized spacial score (nSPS) is 11.5. The van der Waals surface area contributed by atoms with Gasteiger partial charge < -0.3 is 5.73 Å². The summed E-state index contributed by atoms with van der Waals surface area (Å²) in [5.41, 5.74) is 1.15. The molecule has 0 bridgehead atoms. The van der Waals surface area contributed by atoms with E-state index in [1.807, 2.05) is 0 Å². The molecule has 0 spiro atoms. The lowest BCUT2D eigenvalue weighted by molar-refractivity contribution is -0.0328. The van der Waals surface area contributed by atoms with Crippen LogP contribution in [0.15, 0.2) is 23.1 Å². The first-order valence-corrected chi connectivity index (χ1v) is 6.52. The summed E-state index contributed by atoms with van der Waals surface area (Å²) in [4.78, 5) is 11.5. The van der Waals surface area contributed by atoms with Crippen molar-refractivity contribution in [2.45, 2.75) is 16.8 Å². The Kier molecular flexibility index (Phi) is 4.88. The highest BCUT2D eigenvalue weighted by atomic mass is 79.9. The summed E-state index contributed by atoms with van der Waals surface area (Å²) in [7, 11) is 0. The van der Waals surface area contributed by atoms with E-state index < -0.39 is 11.3 Å². The van der Waals surface area contributed by atoms with Gasteiger partial charge in [0.15, 0.2) is 5.78 Å². The minimum absolute atomic E-state index is 0.0470. The summed E-state index contributed by atoms with van der Waals surface area (Å²) in [5.74, 6) is -0.397. The molecule has 0 aliphatic rings. The van der Waals surface area contributed by atoms with Gasteiger partial charge in [-0.05, 0) is 23.9 Å². The van der Waals surface area contributed by atoms with Gasteiger partial charge in [0.25, 0.3) is 0 Å². The van der Waals surface area contributed by atoms with Crippen molar-refractivity contribution in [1.82, 2.24) is 0 Å². The third-order valence-electron chi connectivity index (χ3n) is 1.88. The van der Waals surface area contributed by atoms with Gasteiger partial charge in [-0.2, -0.15) is 13.2 Å². The molecule has 1 aromatic rings. The van der Waals surface area contributed by atoms with Crippen LogP contribution in [-0.4, -0.2) is 16.6 Å². The van der Waals surface area contributed by atoms with Crippen molar-refractivity contribution in [3.8, 4) is 0 Å². The van der Waals surface area contributed by atoms with Crippen LogP contribution in [0, 0.1) is 0 Å². The Morgan fingerprint density at radius 1 is 1.41 bits per heavy atom. The number of anilines is 1. The zero-order valence-corrected chi connectivity index (χ0v) is 11.0. The average molecular weight is 328 g/mol. The number of hydrogen-bond donors (Lipinski definition) is 1.